The molecule has 0 bridgehead atoms. The van der Waals surface area contributed by atoms with E-state index in [-0.39, 0.29) is 6.09 Å². The van der Waals surface area contributed by atoms with Crippen molar-refractivity contribution >= 4 is 6.09 Å². The number of cyclic esters (lactones) is 1. The lowest BCUT2D eigenvalue weighted by atomic mass is 10.9. The van der Waals surface area contributed by atoms with Crippen molar-refractivity contribution in [2.24, 2.45) is 0 Å². The molecule has 1 N–H and O–H groups in total. The minimum absolute atomic E-state index is 0.315. The van der Waals surface area contributed by atoms with E-state index in [9.17, 15) is 4.79 Å². The number of carbonyl (C=O) groups excluding carboxylic acids is 1. The quantitative estimate of drug-likeness (QED) is 0.427. The summed E-state index contributed by atoms with van der Waals surface area (Å²) in [5.74, 6) is 0. The Hall–Kier alpha value is -0.730. The lowest BCUT2D eigenvalue weighted by Gasteiger charge is -2.12. The highest BCUT2D eigenvalue weighted by Gasteiger charge is 2.08. The van der Waals surface area contributed by atoms with Crippen LogP contribution in [0.1, 0.15) is 0 Å². The van der Waals surface area contributed by atoms with Gasteiger partial charge < -0.3 is 4.74 Å². The van der Waals surface area contributed by atoms with Gasteiger partial charge in [0.1, 0.15) is 0 Å². The molecule has 1 fully saturated rings. The van der Waals surface area contributed by atoms with Gasteiger partial charge in [0.05, 0.1) is 0 Å². The first kappa shape index (κ1) is 2.50. The van der Waals surface area contributed by atoms with Crippen molar-refractivity contribution in [2.75, 3.05) is 6.73 Å². The Bertz CT molecular complexity index is 54.7. The van der Waals surface area contributed by atoms with Crippen LogP contribution >= 0.6 is 0 Å². The predicted molar refractivity (Wildman–Crippen MR) is 14.5 cm³/mol. The Labute approximate surface area is 28.9 Å². The smallest absolute Gasteiger partial charge is 0.411 e. The molecule has 3 heteroatoms. The summed E-state index contributed by atoms with van der Waals surface area (Å²) < 4.78 is 4.18. The van der Waals surface area contributed by atoms with Crippen molar-refractivity contribution in [3.63, 3.8) is 0 Å². The number of ether oxygens (including phenoxy) is 1. The molecule has 1 saturated heterocycles. The van der Waals surface area contributed by atoms with Gasteiger partial charge in [-0.05, 0) is 0 Å². The fourth-order valence-corrected chi connectivity index (χ4v) is 0.131. The summed E-state index contributed by atoms with van der Waals surface area (Å²) in [6, 6.07) is 0. The summed E-state index contributed by atoms with van der Waals surface area (Å²) in [6.45, 7) is 0.388. The Kier molecular flexibility index (Phi) is 0.304. The third-order valence-corrected chi connectivity index (χ3v) is 0.420. The molecule has 1 aliphatic heterocycles. The minimum atomic E-state index is -0.315. The molecule has 1 rings (SSSR count). The number of nitrogens with one attached hydrogen (secondary N) is 1. The standard InChI is InChI=1S/C2H3NO2/c4-2-3-1-5-2/h1H2,(H,3,4). The molecule has 1 heterocycles. The number of amides is 1. The number of carbonyl (C=O) groups is 1. The molecule has 0 saturated carbocycles. The largest absolute Gasteiger partial charge is 0.428 e. The van der Waals surface area contributed by atoms with E-state index in [1.807, 2.05) is 0 Å². The summed E-state index contributed by atoms with van der Waals surface area (Å²) in [7, 11) is 0. The van der Waals surface area contributed by atoms with Crippen molar-refractivity contribution in [1.82, 2.24) is 5.32 Å². The minimum Gasteiger partial charge on any atom is -0.428 e. The zero-order valence-electron chi connectivity index (χ0n) is 2.52. The molecule has 5 heavy (non-hydrogen) atoms. The molecular weight excluding hydrogens is 70.0 g/mol. The fourth-order valence-electron chi connectivity index (χ4n) is 0.131. The van der Waals surface area contributed by atoms with Crippen LogP contribution in [0.15, 0.2) is 0 Å². The van der Waals surface area contributed by atoms with Crippen LogP contribution < -0.4 is 5.32 Å². The van der Waals surface area contributed by atoms with Crippen LogP contribution in [-0.2, 0) is 4.74 Å². The maximum absolute atomic E-state index is 9.57. The van der Waals surface area contributed by atoms with Crippen LogP contribution in [0.4, 0.5) is 4.79 Å². The summed E-state index contributed by atoms with van der Waals surface area (Å²) in [6.07, 6.45) is -0.315. The predicted octanol–water partition coefficient (Wildman–Crippen LogP) is -0.316. The van der Waals surface area contributed by atoms with Gasteiger partial charge in [-0.15, -0.1) is 0 Å². The number of hydrogen-bond donors (Lipinski definition) is 1. The van der Waals surface area contributed by atoms with Gasteiger partial charge in [-0.25, -0.2) is 4.79 Å². The van der Waals surface area contributed by atoms with Crippen molar-refractivity contribution in [3.05, 3.63) is 0 Å². The molecule has 0 aromatic rings. The van der Waals surface area contributed by atoms with Crippen molar-refractivity contribution in [1.29, 1.82) is 0 Å². The second-order valence-electron chi connectivity index (χ2n) is 0.753. The number of rotatable bonds is 0. The average Bonchev–Trinajstić information content (AvgIpc) is 1.30. The van der Waals surface area contributed by atoms with Gasteiger partial charge in [-0.3, -0.25) is 5.32 Å². The molecule has 0 radical (unpaired) electrons. The first-order valence-electron chi connectivity index (χ1n) is 1.30. The highest BCUT2D eigenvalue weighted by molar-refractivity contribution is 5.70. The van der Waals surface area contributed by atoms with Gasteiger partial charge in [0, 0.05) is 0 Å². The van der Waals surface area contributed by atoms with Crippen LogP contribution in [0.2, 0.25) is 0 Å². The third kappa shape index (κ3) is 0.190. The maximum atomic E-state index is 9.57. The highest BCUT2D eigenvalue weighted by Crippen LogP contribution is 1.82. The summed E-state index contributed by atoms with van der Waals surface area (Å²) in [5.41, 5.74) is 0. The molecule has 28 valence electrons. The Morgan fingerprint density at radius 3 is 2.40 bits per heavy atom. The van der Waals surface area contributed by atoms with Gasteiger partial charge in [0.25, 0.3) is 0 Å². The summed E-state index contributed by atoms with van der Waals surface area (Å²) in [4.78, 5) is 9.57. The monoisotopic (exact) mass is 73.0 g/mol. The van der Waals surface area contributed by atoms with Crippen molar-refractivity contribution in [2.45, 2.75) is 0 Å². The zero-order chi connectivity index (χ0) is 3.70. The lowest BCUT2D eigenvalue weighted by molar-refractivity contribution is 0.0833. The van der Waals surface area contributed by atoms with Crippen LogP contribution in [0, 0.1) is 0 Å². The molecule has 0 aromatic heterocycles. The van der Waals surface area contributed by atoms with Gasteiger partial charge in [0.15, 0.2) is 6.73 Å². The second kappa shape index (κ2) is 0.607. The molecule has 0 atom stereocenters. The lowest BCUT2D eigenvalue weighted by Crippen LogP contribution is -2.39. The van der Waals surface area contributed by atoms with Gasteiger partial charge >= 0.3 is 6.09 Å². The van der Waals surface area contributed by atoms with Crippen molar-refractivity contribution < 1.29 is 9.53 Å². The van der Waals surface area contributed by atoms with E-state index in [2.05, 4.69) is 10.1 Å². The Balaban J connectivity index is 2.32. The zero-order valence-corrected chi connectivity index (χ0v) is 2.52. The van der Waals surface area contributed by atoms with E-state index in [1.165, 1.54) is 0 Å². The van der Waals surface area contributed by atoms with Gasteiger partial charge in [-0.2, -0.15) is 0 Å². The number of hydrogen-bond acceptors (Lipinski definition) is 2. The van der Waals surface area contributed by atoms with E-state index in [0.717, 1.165) is 0 Å². The third-order valence-electron chi connectivity index (χ3n) is 0.420. The van der Waals surface area contributed by atoms with E-state index >= 15 is 0 Å². The molecule has 1 amide bonds. The maximum Gasteiger partial charge on any atom is 0.411 e. The molecule has 3 nitrogen and oxygen atoms in total. The van der Waals surface area contributed by atoms with Crippen LogP contribution in [0.25, 0.3) is 0 Å². The van der Waals surface area contributed by atoms with E-state index < -0.39 is 0 Å². The molecular formula is C2H3NO2. The Morgan fingerprint density at radius 1 is 2.00 bits per heavy atom. The molecule has 0 aliphatic carbocycles. The Morgan fingerprint density at radius 2 is 2.40 bits per heavy atom. The van der Waals surface area contributed by atoms with Gasteiger partial charge in [-0.1, -0.05) is 0 Å². The first-order valence-corrected chi connectivity index (χ1v) is 1.30. The molecule has 1 aliphatic rings. The second-order valence-corrected chi connectivity index (χ2v) is 0.753. The molecule has 0 aromatic carbocycles. The van der Waals surface area contributed by atoms with Crippen LogP contribution in [0.3, 0.4) is 0 Å². The van der Waals surface area contributed by atoms with Crippen molar-refractivity contribution in [3.8, 4) is 0 Å². The summed E-state index contributed by atoms with van der Waals surface area (Å²) in [5, 5.41) is 2.35. The van der Waals surface area contributed by atoms with Crippen LogP contribution in [0.5, 0.6) is 0 Å². The molecule has 0 spiro atoms. The topological polar surface area (TPSA) is 38.3 Å². The fraction of sp³-hybridized carbons (Fsp3) is 0.500. The van der Waals surface area contributed by atoms with E-state index in [4.69, 9.17) is 0 Å². The van der Waals surface area contributed by atoms with Gasteiger partial charge in [0.2, 0.25) is 0 Å². The summed E-state index contributed by atoms with van der Waals surface area (Å²) >= 11 is 0. The average molecular weight is 73.1 g/mol. The first-order chi connectivity index (χ1) is 2.39. The highest BCUT2D eigenvalue weighted by atomic mass is 16.6. The normalized spacial score (nSPS) is 18.8. The molecule has 0 unspecified atom stereocenters. The van der Waals surface area contributed by atoms with E-state index in [0.29, 0.717) is 6.73 Å². The SMILES string of the molecule is O=C1NCO1. The van der Waals surface area contributed by atoms with E-state index in [1.54, 1.807) is 0 Å². The van der Waals surface area contributed by atoms with Crippen LogP contribution in [-0.4, -0.2) is 12.8 Å².